The minimum atomic E-state index is -0.976. The first-order valence-electron chi connectivity index (χ1n) is 9.10. The van der Waals surface area contributed by atoms with E-state index in [0.29, 0.717) is 18.5 Å². The van der Waals surface area contributed by atoms with E-state index >= 15 is 0 Å². The Labute approximate surface area is 151 Å². The molecule has 2 saturated carbocycles. The average Bonchev–Trinajstić information content (AvgIpc) is 2.57. The number of amides is 2. The van der Waals surface area contributed by atoms with Crippen molar-refractivity contribution in [1.82, 2.24) is 0 Å². The van der Waals surface area contributed by atoms with Crippen molar-refractivity contribution in [3.05, 3.63) is 24.0 Å². The first kappa shape index (κ1) is 18.4. The number of rotatable bonds is 5. The van der Waals surface area contributed by atoms with Crippen molar-refractivity contribution >= 4 is 29.2 Å². The Kier molecular flexibility index (Phi) is 5.54. The summed E-state index contributed by atoms with van der Waals surface area (Å²) < 4.78 is 14.0. The van der Waals surface area contributed by atoms with Crippen LogP contribution in [0.3, 0.4) is 0 Å². The molecule has 3 rings (SSSR count). The van der Waals surface area contributed by atoms with Gasteiger partial charge in [-0.1, -0.05) is 19.3 Å². The van der Waals surface area contributed by atoms with Crippen LogP contribution in [0.4, 0.5) is 15.8 Å². The van der Waals surface area contributed by atoms with Crippen LogP contribution in [0, 0.1) is 23.6 Å². The lowest BCUT2D eigenvalue weighted by Gasteiger charge is -2.31. The van der Waals surface area contributed by atoms with Gasteiger partial charge < -0.3 is 15.7 Å². The molecule has 0 spiro atoms. The van der Waals surface area contributed by atoms with Crippen LogP contribution in [0.2, 0.25) is 0 Å². The highest BCUT2D eigenvalue weighted by atomic mass is 19.1. The molecule has 2 aliphatic carbocycles. The molecule has 0 bridgehead atoms. The van der Waals surface area contributed by atoms with E-state index in [1.54, 1.807) is 0 Å². The van der Waals surface area contributed by atoms with Crippen molar-refractivity contribution in [1.29, 1.82) is 0 Å². The quantitative estimate of drug-likeness (QED) is 0.748. The third-order valence-corrected chi connectivity index (χ3v) is 5.40. The van der Waals surface area contributed by atoms with Crippen LogP contribution in [0.1, 0.15) is 44.9 Å². The Morgan fingerprint density at radius 1 is 0.923 bits per heavy atom. The number of anilines is 2. The van der Waals surface area contributed by atoms with Gasteiger partial charge in [-0.25, -0.2) is 4.39 Å². The number of carbonyl (C=O) groups excluding carboxylic acids is 2. The maximum Gasteiger partial charge on any atom is 0.307 e. The van der Waals surface area contributed by atoms with E-state index in [1.165, 1.54) is 18.2 Å². The molecule has 2 amide bonds. The van der Waals surface area contributed by atoms with Crippen LogP contribution in [-0.4, -0.2) is 22.9 Å². The standard InChI is InChI=1S/C19H23FN2O4/c20-15-9-6-12(21-18(24)13-7-8-14(13)19(25)26)10-16(15)22-17(23)11-4-2-1-3-5-11/h6,9-11,13-14H,1-5,7-8H2,(H,21,24)(H,22,23)(H,25,26). The molecule has 0 saturated heterocycles. The molecule has 0 heterocycles. The van der Waals surface area contributed by atoms with E-state index in [-0.39, 0.29) is 23.4 Å². The molecule has 2 unspecified atom stereocenters. The number of carbonyl (C=O) groups is 3. The molecule has 7 heteroatoms. The van der Waals surface area contributed by atoms with Gasteiger partial charge in [0, 0.05) is 11.6 Å². The number of benzene rings is 1. The van der Waals surface area contributed by atoms with Gasteiger partial charge in [-0.05, 0) is 43.9 Å². The van der Waals surface area contributed by atoms with Crippen molar-refractivity contribution in [2.24, 2.45) is 17.8 Å². The second kappa shape index (κ2) is 7.85. The van der Waals surface area contributed by atoms with Gasteiger partial charge in [-0.15, -0.1) is 0 Å². The van der Waals surface area contributed by atoms with Gasteiger partial charge in [0.25, 0.3) is 0 Å². The summed E-state index contributed by atoms with van der Waals surface area (Å²) in [5.74, 6) is -3.47. The number of carboxylic acid groups (broad SMARTS) is 1. The normalized spacial score (nSPS) is 23.0. The van der Waals surface area contributed by atoms with E-state index in [4.69, 9.17) is 5.11 Å². The Hall–Kier alpha value is -2.44. The largest absolute Gasteiger partial charge is 0.481 e. The molecule has 2 atom stereocenters. The molecule has 1 aromatic rings. The van der Waals surface area contributed by atoms with Gasteiger partial charge in [-0.2, -0.15) is 0 Å². The zero-order chi connectivity index (χ0) is 18.7. The zero-order valence-corrected chi connectivity index (χ0v) is 14.5. The first-order valence-corrected chi connectivity index (χ1v) is 9.10. The van der Waals surface area contributed by atoms with Gasteiger partial charge in [0.15, 0.2) is 0 Å². The topological polar surface area (TPSA) is 95.5 Å². The van der Waals surface area contributed by atoms with Gasteiger partial charge in [-0.3, -0.25) is 14.4 Å². The molecule has 1 aromatic carbocycles. The van der Waals surface area contributed by atoms with Crippen LogP contribution in [0.5, 0.6) is 0 Å². The molecule has 0 radical (unpaired) electrons. The molecule has 2 fully saturated rings. The molecule has 0 aliphatic heterocycles. The maximum absolute atomic E-state index is 14.0. The Balaban J connectivity index is 1.64. The molecule has 140 valence electrons. The summed E-state index contributed by atoms with van der Waals surface area (Å²) in [5, 5.41) is 14.3. The van der Waals surface area contributed by atoms with Crippen molar-refractivity contribution in [3.63, 3.8) is 0 Å². The number of halogens is 1. The van der Waals surface area contributed by atoms with Crippen LogP contribution >= 0.6 is 0 Å². The Morgan fingerprint density at radius 3 is 2.23 bits per heavy atom. The second-order valence-corrected chi connectivity index (χ2v) is 7.14. The molecule has 2 aliphatic rings. The smallest absolute Gasteiger partial charge is 0.307 e. The zero-order valence-electron chi connectivity index (χ0n) is 14.5. The minimum absolute atomic E-state index is 0.0294. The van der Waals surface area contributed by atoms with E-state index in [0.717, 1.165) is 32.1 Å². The number of aliphatic carboxylic acids is 1. The van der Waals surface area contributed by atoms with Gasteiger partial charge in [0.2, 0.25) is 11.8 Å². The van der Waals surface area contributed by atoms with E-state index in [1.807, 2.05) is 0 Å². The monoisotopic (exact) mass is 362 g/mol. The molecular formula is C19H23FN2O4. The summed E-state index contributed by atoms with van der Waals surface area (Å²) in [6.07, 6.45) is 5.75. The van der Waals surface area contributed by atoms with Crippen molar-refractivity contribution in [3.8, 4) is 0 Å². The fourth-order valence-corrected chi connectivity index (χ4v) is 3.64. The van der Waals surface area contributed by atoms with Crippen molar-refractivity contribution < 1.29 is 23.9 Å². The number of hydrogen-bond acceptors (Lipinski definition) is 3. The minimum Gasteiger partial charge on any atom is -0.481 e. The summed E-state index contributed by atoms with van der Waals surface area (Å²) in [4.78, 5) is 35.6. The highest BCUT2D eigenvalue weighted by Gasteiger charge is 2.41. The van der Waals surface area contributed by atoms with Crippen molar-refractivity contribution in [2.75, 3.05) is 10.6 Å². The summed E-state index contributed by atoms with van der Waals surface area (Å²) >= 11 is 0. The first-order chi connectivity index (χ1) is 12.5. The molecule has 3 N–H and O–H groups in total. The van der Waals surface area contributed by atoms with Gasteiger partial charge in [0.05, 0.1) is 17.5 Å². The summed E-state index contributed by atoms with van der Waals surface area (Å²) in [6.45, 7) is 0. The predicted molar refractivity (Wildman–Crippen MR) is 94.1 cm³/mol. The van der Waals surface area contributed by atoms with Gasteiger partial charge in [0.1, 0.15) is 5.82 Å². The summed E-state index contributed by atoms with van der Waals surface area (Å²) in [7, 11) is 0. The highest BCUT2D eigenvalue weighted by molar-refractivity contribution is 5.97. The summed E-state index contributed by atoms with van der Waals surface area (Å²) in [6, 6.07) is 3.96. The second-order valence-electron chi connectivity index (χ2n) is 7.14. The Bertz CT molecular complexity index is 715. The Morgan fingerprint density at radius 2 is 1.62 bits per heavy atom. The number of hydrogen-bond donors (Lipinski definition) is 3. The highest BCUT2D eigenvalue weighted by Crippen LogP contribution is 2.35. The van der Waals surface area contributed by atoms with Crippen LogP contribution < -0.4 is 10.6 Å². The van der Waals surface area contributed by atoms with E-state index in [2.05, 4.69) is 10.6 Å². The lowest BCUT2D eigenvalue weighted by molar-refractivity contribution is -0.151. The molecular weight excluding hydrogens is 339 g/mol. The van der Waals surface area contributed by atoms with E-state index < -0.39 is 23.6 Å². The van der Waals surface area contributed by atoms with Crippen molar-refractivity contribution in [2.45, 2.75) is 44.9 Å². The SMILES string of the molecule is O=C(Nc1cc(NC(=O)C2CCC2C(=O)O)ccc1F)C1CCCCC1. The third kappa shape index (κ3) is 4.03. The van der Waals surface area contributed by atoms with Crippen LogP contribution in [0.15, 0.2) is 18.2 Å². The fraction of sp³-hybridized carbons (Fsp3) is 0.526. The van der Waals surface area contributed by atoms with Gasteiger partial charge >= 0.3 is 5.97 Å². The van der Waals surface area contributed by atoms with Crippen LogP contribution in [-0.2, 0) is 14.4 Å². The molecule has 6 nitrogen and oxygen atoms in total. The average molecular weight is 362 g/mol. The van der Waals surface area contributed by atoms with Crippen LogP contribution in [0.25, 0.3) is 0 Å². The lowest BCUT2D eigenvalue weighted by atomic mass is 9.73. The number of nitrogens with one attached hydrogen (secondary N) is 2. The molecule has 0 aromatic heterocycles. The number of carboxylic acids is 1. The maximum atomic E-state index is 14.0. The lowest BCUT2D eigenvalue weighted by Crippen LogP contribution is -2.41. The summed E-state index contributed by atoms with van der Waals surface area (Å²) in [5.41, 5.74) is 0.369. The fourth-order valence-electron chi connectivity index (χ4n) is 3.64. The predicted octanol–water partition coefficient (Wildman–Crippen LogP) is 3.39. The molecule has 26 heavy (non-hydrogen) atoms. The van der Waals surface area contributed by atoms with E-state index in [9.17, 15) is 18.8 Å². The third-order valence-electron chi connectivity index (χ3n) is 5.40.